The van der Waals surface area contributed by atoms with Gasteiger partial charge in [-0.25, -0.2) is 8.42 Å². The molecule has 2 atom stereocenters. The van der Waals surface area contributed by atoms with Crippen LogP contribution in [0.2, 0.25) is 0 Å². The summed E-state index contributed by atoms with van der Waals surface area (Å²) >= 11 is 4.29. The molecule has 2 aromatic carbocycles. The van der Waals surface area contributed by atoms with Crippen molar-refractivity contribution in [2.45, 2.75) is 54.4 Å². The maximum atomic E-state index is 13.6. The Bertz CT molecular complexity index is 1400. The van der Waals surface area contributed by atoms with Gasteiger partial charge in [0.05, 0.1) is 10.9 Å². The Morgan fingerprint density at radius 3 is 2.10 bits per heavy atom. The second kappa shape index (κ2) is 11.8. The Morgan fingerprint density at radius 2 is 1.60 bits per heavy atom. The molecule has 1 saturated heterocycles. The van der Waals surface area contributed by atoms with Crippen molar-refractivity contribution in [1.82, 2.24) is 12.9 Å². The quantitative estimate of drug-likeness (QED) is 0.416. The summed E-state index contributed by atoms with van der Waals surface area (Å²) in [7, 11) is -5.09. The molecule has 1 heterocycles. The number of halogens is 3. The van der Waals surface area contributed by atoms with Gasteiger partial charge in [0.1, 0.15) is 0 Å². The van der Waals surface area contributed by atoms with E-state index in [2.05, 4.69) is 12.6 Å². The van der Waals surface area contributed by atoms with E-state index in [1.807, 2.05) is 0 Å². The van der Waals surface area contributed by atoms with Gasteiger partial charge in [0, 0.05) is 56.9 Å². The minimum absolute atomic E-state index is 0.0193. The first-order chi connectivity index (χ1) is 18.3. The smallest absolute Gasteiger partial charge is 0.376 e. The number of aliphatic hydroxyl groups is 1. The molecule has 224 valence electrons. The molecule has 40 heavy (non-hydrogen) atoms. The van der Waals surface area contributed by atoms with E-state index < -0.39 is 44.1 Å². The van der Waals surface area contributed by atoms with Crippen LogP contribution in [0.5, 0.6) is 0 Å². The third kappa shape index (κ3) is 6.45. The summed E-state index contributed by atoms with van der Waals surface area (Å²) in [5.41, 5.74) is -2.96. The van der Waals surface area contributed by atoms with Crippen molar-refractivity contribution < 1.29 is 35.1 Å². The Balaban J connectivity index is 2.03. The molecular weight excluding hydrogens is 589 g/mol. The normalized spacial score (nSPS) is 19.4. The van der Waals surface area contributed by atoms with E-state index in [0.717, 1.165) is 16.4 Å². The lowest BCUT2D eigenvalue weighted by molar-refractivity contribution is -0.258. The largest absolute Gasteiger partial charge is 0.421 e. The van der Waals surface area contributed by atoms with Crippen LogP contribution in [-0.4, -0.2) is 93.4 Å². The van der Waals surface area contributed by atoms with Crippen molar-refractivity contribution in [2.75, 3.05) is 45.2 Å². The van der Waals surface area contributed by atoms with Crippen molar-refractivity contribution in [3.8, 4) is 0 Å². The van der Waals surface area contributed by atoms with Gasteiger partial charge in [-0.1, -0.05) is 24.3 Å². The summed E-state index contributed by atoms with van der Waals surface area (Å²) in [6.45, 7) is 4.09. The van der Waals surface area contributed by atoms with Gasteiger partial charge >= 0.3 is 6.18 Å². The number of thiol groups is 1. The highest BCUT2D eigenvalue weighted by Crippen LogP contribution is 2.39. The van der Waals surface area contributed by atoms with Crippen LogP contribution < -0.4 is 4.90 Å². The second-order valence-corrected chi connectivity index (χ2v) is 14.7. The number of benzene rings is 2. The Hall–Kier alpha value is -1.88. The molecule has 0 bridgehead atoms. The molecule has 0 saturated carbocycles. The number of nitrogens with zero attached hydrogens (tertiary/aromatic N) is 4. The number of piperazine rings is 1. The summed E-state index contributed by atoms with van der Waals surface area (Å²) in [6, 6.07) is 10.2. The topological polar surface area (TPSA) is 101 Å². The summed E-state index contributed by atoms with van der Waals surface area (Å²) in [6.07, 6.45) is -4.89. The molecule has 2 aromatic rings. The van der Waals surface area contributed by atoms with E-state index in [4.69, 9.17) is 0 Å². The molecule has 15 heteroatoms. The first-order valence-corrected chi connectivity index (χ1v) is 15.7. The standard InChI is InChI=1S/C25H35F3N4O5S3/c1-18(2)32(40(36,37)29(4)5)17-21-16-30(39(34,35)23-9-7-6-8-22(23)38)14-15-31(21)20-12-10-19(11-13-20)24(3,33)25(26,27)28/h6-13,18,21,33,38H,14-17H2,1-5H3/t21-,24?/m1/s1. The molecule has 1 aliphatic rings. The number of hydrogen-bond donors (Lipinski definition) is 2. The van der Waals surface area contributed by atoms with Gasteiger partial charge in [0.15, 0.2) is 5.60 Å². The first-order valence-electron chi connectivity index (χ1n) is 12.5. The lowest BCUT2D eigenvalue weighted by Crippen LogP contribution is -2.60. The average molecular weight is 625 g/mol. The fourth-order valence-electron chi connectivity index (χ4n) is 4.49. The molecule has 0 amide bonds. The SMILES string of the molecule is CC(C)N(C[C@H]1CN(S(=O)(=O)c2ccccc2S)CCN1c1ccc(C(C)(O)C(F)(F)F)cc1)S(=O)(=O)N(C)C. The number of hydrogen-bond acceptors (Lipinski definition) is 7. The van der Waals surface area contributed by atoms with Crippen LogP contribution in [0.15, 0.2) is 58.3 Å². The van der Waals surface area contributed by atoms with Gasteiger partial charge in [0.25, 0.3) is 10.2 Å². The summed E-state index contributed by atoms with van der Waals surface area (Å²) in [5, 5.41) is 10.1. The van der Waals surface area contributed by atoms with Crippen molar-refractivity contribution in [1.29, 1.82) is 0 Å². The van der Waals surface area contributed by atoms with E-state index in [1.54, 1.807) is 36.9 Å². The van der Waals surface area contributed by atoms with Crippen molar-refractivity contribution in [3.05, 3.63) is 54.1 Å². The van der Waals surface area contributed by atoms with Crippen LogP contribution in [0.3, 0.4) is 0 Å². The number of alkyl halides is 3. The van der Waals surface area contributed by atoms with E-state index >= 15 is 0 Å². The van der Waals surface area contributed by atoms with E-state index in [1.165, 1.54) is 40.9 Å². The Labute approximate surface area is 239 Å². The fraction of sp³-hybridized carbons (Fsp3) is 0.520. The van der Waals surface area contributed by atoms with Crippen LogP contribution in [0, 0.1) is 0 Å². The molecule has 1 unspecified atom stereocenters. The summed E-state index contributed by atoms with van der Waals surface area (Å²) < 4.78 is 97.1. The highest BCUT2D eigenvalue weighted by atomic mass is 32.2. The number of sulfonamides is 1. The molecular formula is C25H35F3N4O5S3. The van der Waals surface area contributed by atoms with Crippen LogP contribution >= 0.6 is 12.6 Å². The van der Waals surface area contributed by atoms with Gasteiger partial charge < -0.3 is 10.0 Å². The zero-order valence-electron chi connectivity index (χ0n) is 22.9. The van der Waals surface area contributed by atoms with E-state index in [-0.39, 0.29) is 41.5 Å². The lowest BCUT2D eigenvalue weighted by atomic mass is 9.95. The van der Waals surface area contributed by atoms with Gasteiger partial charge in [-0.05, 0) is 50.6 Å². The molecule has 1 fully saturated rings. The maximum absolute atomic E-state index is 13.6. The third-order valence-corrected chi connectivity index (χ3v) is 11.5. The van der Waals surface area contributed by atoms with Crippen LogP contribution in [0.4, 0.5) is 18.9 Å². The van der Waals surface area contributed by atoms with Crippen molar-refractivity contribution in [3.63, 3.8) is 0 Å². The molecule has 0 aliphatic carbocycles. The molecule has 0 aromatic heterocycles. The van der Waals surface area contributed by atoms with Crippen LogP contribution in [0.25, 0.3) is 0 Å². The van der Waals surface area contributed by atoms with Crippen LogP contribution in [0.1, 0.15) is 26.3 Å². The monoisotopic (exact) mass is 624 g/mol. The van der Waals surface area contributed by atoms with Gasteiger partial charge in [-0.3, -0.25) is 0 Å². The fourth-order valence-corrected chi connectivity index (χ4v) is 7.86. The average Bonchev–Trinajstić information content (AvgIpc) is 2.86. The maximum Gasteiger partial charge on any atom is 0.421 e. The molecule has 0 radical (unpaired) electrons. The number of anilines is 1. The minimum atomic E-state index is -4.89. The van der Waals surface area contributed by atoms with Crippen LogP contribution in [-0.2, 0) is 25.8 Å². The summed E-state index contributed by atoms with van der Waals surface area (Å²) in [5.74, 6) is 0. The molecule has 0 spiro atoms. The number of rotatable bonds is 9. The molecule has 3 rings (SSSR count). The second-order valence-electron chi connectivity index (χ2n) is 10.2. The van der Waals surface area contributed by atoms with E-state index in [0.29, 0.717) is 12.6 Å². The lowest BCUT2D eigenvalue weighted by Gasteiger charge is -2.44. The van der Waals surface area contributed by atoms with Crippen molar-refractivity contribution in [2.24, 2.45) is 0 Å². The van der Waals surface area contributed by atoms with Gasteiger partial charge in [-0.15, -0.1) is 12.6 Å². The third-order valence-electron chi connectivity index (χ3n) is 6.97. The van der Waals surface area contributed by atoms with E-state index in [9.17, 15) is 35.1 Å². The molecule has 9 nitrogen and oxygen atoms in total. The Kier molecular flexibility index (Phi) is 9.61. The highest BCUT2D eigenvalue weighted by molar-refractivity contribution is 7.90. The van der Waals surface area contributed by atoms with Gasteiger partial charge in [-0.2, -0.15) is 34.5 Å². The summed E-state index contributed by atoms with van der Waals surface area (Å²) in [4.78, 5) is 2.07. The van der Waals surface area contributed by atoms with Crippen molar-refractivity contribution >= 4 is 38.5 Å². The first kappa shape index (κ1) is 32.6. The zero-order valence-corrected chi connectivity index (χ0v) is 25.4. The Morgan fingerprint density at radius 1 is 1.02 bits per heavy atom. The highest BCUT2D eigenvalue weighted by Gasteiger charge is 2.51. The zero-order chi connectivity index (χ0) is 30.3. The molecule has 1 N–H and O–H groups in total. The predicted molar refractivity (Wildman–Crippen MR) is 150 cm³/mol. The van der Waals surface area contributed by atoms with Gasteiger partial charge in [0.2, 0.25) is 10.0 Å². The molecule has 1 aliphatic heterocycles. The minimum Gasteiger partial charge on any atom is -0.376 e. The predicted octanol–water partition coefficient (Wildman–Crippen LogP) is 3.14.